The van der Waals surface area contributed by atoms with E-state index in [9.17, 15) is 4.79 Å². The van der Waals surface area contributed by atoms with Crippen LogP contribution < -0.4 is 9.47 Å². The zero-order valence-electron chi connectivity index (χ0n) is 13.0. The normalized spacial score (nSPS) is 12.2. The Kier molecular flexibility index (Phi) is 4.28. The molecule has 0 unspecified atom stereocenters. The smallest absolute Gasteiger partial charge is 0.161 e. The number of hydrogen-bond acceptors (Lipinski definition) is 3. The van der Waals surface area contributed by atoms with E-state index < -0.39 is 5.41 Å². The van der Waals surface area contributed by atoms with Gasteiger partial charge in [0.2, 0.25) is 0 Å². The van der Waals surface area contributed by atoms with Gasteiger partial charge in [0.25, 0.3) is 0 Å². The summed E-state index contributed by atoms with van der Waals surface area (Å²) in [4.78, 5) is 11.7. The predicted octanol–water partition coefficient (Wildman–Crippen LogP) is 3.74. The minimum atomic E-state index is -0.520. The molecule has 19 heavy (non-hydrogen) atoms. The van der Waals surface area contributed by atoms with Gasteiger partial charge in [-0.15, -0.1) is 0 Å². The fourth-order valence-electron chi connectivity index (χ4n) is 1.67. The molecule has 106 valence electrons. The van der Waals surface area contributed by atoms with Crippen molar-refractivity contribution in [1.82, 2.24) is 0 Å². The van der Waals surface area contributed by atoms with Gasteiger partial charge in [-0.3, -0.25) is 4.79 Å². The van der Waals surface area contributed by atoms with Crippen LogP contribution >= 0.6 is 0 Å². The standard InChI is InChI=1S/C16H24O3/c1-11(17)16(5,6)12-8-9-13(14(10-12)18-7)19-15(2,3)4/h8-10H,1-7H3. The first-order valence-corrected chi connectivity index (χ1v) is 6.46. The van der Waals surface area contributed by atoms with E-state index in [4.69, 9.17) is 9.47 Å². The summed E-state index contributed by atoms with van der Waals surface area (Å²) < 4.78 is 11.2. The average Bonchev–Trinajstić information content (AvgIpc) is 2.27. The summed E-state index contributed by atoms with van der Waals surface area (Å²) in [6.45, 7) is 11.4. The Morgan fingerprint density at radius 1 is 1.05 bits per heavy atom. The lowest BCUT2D eigenvalue weighted by molar-refractivity contribution is -0.121. The Labute approximate surface area is 115 Å². The summed E-state index contributed by atoms with van der Waals surface area (Å²) in [5.74, 6) is 1.47. The van der Waals surface area contributed by atoms with Crippen LogP contribution in [0.15, 0.2) is 18.2 Å². The average molecular weight is 264 g/mol. The molecule has 0 spiro atoms. The van der Waals surface area contributed by atoms with Crippen LogP contribution in [0.5, 0.6) is 11.5 Å². The number of methoxy groups -OCH3 is 1. The van der Waals surface area contributed by atoms with Crippen molar-refractivity contribution < 1.29 is 14.3 Å². The Morgan fingerprint density at radius 3 is 2.05 bits per heavy atom. The monoisotopic (exact) mass is 264 g/mol. The van der Waals surface area contributed by atoms with Gasteiger partial charge >= 0.3 is 0 Å². The van der Waals surface area contributed by atoms with E-state index in [0.29, 0.717) is 11.5 Å². The van der Waals surface area contributed by atoms with Gasteiger partial charge in [-0.05, 0) is 59.2 Å². The molecule has 0 heterocycles. The van der Waals surface area contributed by atoms with E-state index in [1.165, 1.54) is 0 Å². The summed E-state index contributed by atoms with van der Waals surface area (Å²) in [6, 6.07) is 5.66. The number of hydrogen-bond donors (Lipinski definition) is 0. The van der Waals surface area contributed by atoms with Gasteiger partial charge in [-0.1, -0.05) is 6.07 Å². The van der Waals surface area contributed by atoms with Crippen LogP contribution in [-0.4, -0.2) is 18.5 Å². The number of benzene rings is 1. The van der Waals surface area contributed by atoms with E-state index in [1.54, 1.807) is 14.0 Å². The molecule has 0 radical (unpaired) electrons. The molecule has 0 saturated heterocycles. The molecule has 0 atom stereocenters. The lowest BCUT2D eigenvalue weighted by Gasteiger charge is -2.26. The maximum Gasteiger partial charge on any atom is 0.161 e. The molecular formula is C16H24O3. The first-order chi connectivity index (χ1) is 8.58. The molecule has 0 saturated carbocycles. The SMILES string of the molecule is COc1cc(C(C)(C)C(C)=O)ccc1OC(C)(C)C. The molecule has 0 amide bonds. The molecule has 0 aliphatic rings. The van der Waals surface area contributed by atoms with Crippen molar-refractivity contribution in [3.63, 3.8) is 0 Å². The lowest BCUT2D eigenvalue weighted by atomic mass is 9.81. The van der Waals surface area contributed by atoms with Gasteiger partial charge in [-0.25, -0.2) is 0 Å². The molecule has 3 nitrogen and oxygen atoms in total. The van der Waals surface area contributed by atoms with E-state index >= 15 is 0 Å². The number of ether oxygens (including phenoxy) is 2. The molecule has 0 aromatic heterocycles. The highest BCUT2D eigenvalue weighted by atomic mass is 16.5. The van der Waals surface area contributed by atoms with E-state index in [0.717, 1.165) is 5.56 Å². The molecular weight excluding hydrogens is 240 g/mol. The van der Waals surface area contributed by atoms with E-state index in [2.05, 4.69) is 0 Å². The molecule has 0 N–H and O–H groups in total. The Hall–Kier alpha value is -1.51. The maximum atomic E-state index is 11.7. The molecule has 0 aliphatic heterocycles. The van der Waals surface area contributed by atoms with E-state index in [-0.39, 0.29) is 11.4 Å². The number of rotatable bonds is 4. The first-order valence-electron chi connectivity index (χ1n) is 6.46. The number of Topliss-reactive ketones (excluding diaryl/α,β-unsaturated/α-hetero) is 1. The van der Waals surface area contributed by atoms with Crippen LogP contribution in [0.25, 0.3) is 0 Å². The lowest BCUT2D eigenvalue weighted by Crippen LogP contribution is -2.27. The summed E-state index contributed by atoms with van der Waals surface area (Å²) in [6.07, 6.45) is 0. The van der Waals surface area contributed by atoms with Gasteiger partial charge in [0.05, 0.1) is 7.11 Å². The quantitative estimate of drug-likeness (QED) is 0.831. The summed E-state index contributed by atoms with van der Waals surface area (Å²) >= 11 is 0. The minimum Gasteiger partial charge on any atom is -0.493 e. The number of carbonyl (C=O) groups is 1. The topological polar surface area (TPSA) is 35.5 Å². The van der Waals surface area contributed by atoms with Crippen molar-refractivity contribution in [2.75, 3.05) is 7.11 Å². The third kappa shape index (κ3) is 3.72. The fourth-order valence-corrected chi connectivity index (χ4v) is 1.67. The van der Waals surface area contributed by atoms with Crippen LogP contribution in [0.3, 0.4) is 0 Å². The third-order valence-electron chi connectivity index (χ3n) is 3.18. The molecule has 0 bridgehead atoms. The molecule has 1 rings (SSSR count). The number of carbonyl (C=O) groups excluding carboxylic acids is 1. The largest absolute Gasteiger partial charge is 0.493 e. The van der Waals surface area contributed by atoms with Gasteiger partial charge in [0.15, 0.2) is 11.5 Å². The van der Waals surface area contributed by atoms with Crippen LogP contribution in [0.2, 0.25) is 0 Å². The summed E-state index contributed by atoms with van der Waals surface area (Å²) in [7, 11) is 1.61. The van der Waals surface area contributed by atoms with E-state index in [1.807, 2.05) is 52.8 Å². The Morgan fingerprint density at radius 2 is 1.63 bits per heavy atom. The molecule has 1 aromatic rings. The molecule has 1 aromatic carbocycles. The van der Waals surface area contributed by atoms with Crippen LogP contribution in [0.4, 0.5) is 0 Å². The summed E-state index contributed by atoms with van der Waals surface area (Å²) in [5.41, 5.74) is 0.122. The second-order valence-corrected chi connectivity index (χ2v) is 6.26. The summed E-state index contributed by atoms with van der Waals surface area (Å²) in [5, 5.41) is 0. The third-order valence-corrected chi connectivity index (χ3v) is 3.18. The zero-order valence-corrected chi connectivity index (χ0v) is 13.0. The highest BCUT2D eigenvalue weighted by Crippen LogP contribution is 2.35. The van der Waals surface area contributed by atoms with Crippen molar-refractivity contribution in [2.45, 2.75) is 52.6 Å². The van der Waals surface area contributed by atoms with Gasteiger partial charge < -0.3 is 9.47 Å². The molecule has 3 heteroatoms. The van der Waals surface area contributed by atoms with Crippen molar-refractivity contribution in [3.8, 4) is 11.5 Å². The minimum absolute atomic E-state index is 0.124. The highest BCUT2D eigenvalue weighted by molar-refractivity contribution is 5.87. The van der Waals surface area contributed by atoms with Crippen molar-refractivity contribution in [1.29, 1.82) is 0 Å². The van der Waals surface area contributed by atoms with Crippen LogP contribution in [0.1, 0.15) is 47.1 Å². The Balaban J connectivity index is 3.20. The van der Waals surface area contributed by atoms with Crippen LogP contribution in [0, 0.1) is 0 Å². The molecule has 0 fully saturated rings. The van der Waals surface area contributed by atoms with Crippen molar-refractivity contribution in [2.24, 2.45) is 0 Å². The van der Waals surface area contributed by atoms with Crippen molar-refractivity contribution >= 4 is 5.78 Å². The van der Waals surface area contributed by atoms with Gasteiger partial charge in [0, 0.05) is 5.41 Å². The first kappa shape index (κ1) is 15.5. The second-order valence-electron chi connectivity index (χ2n) is 6.26. The maximum absolute atomic E-state index is 11.7. The molecule has 0 aliphatic carbocycles. The zero-order chi connectivity index (χ0) is 14.8. The second kappa shape index (κ2) is 5.24. The van der Waals surface area contributed by atoms with Gasteiger partial charge in [-0.2, -0.15) is 0 Å². The van der Waals surface area contributed by atoms with Gasteiger partial charge in [0.1, 0.15) is 11.4 Å². The van der Waals surface area contributed by atoms with Crippen molar-refractivity contribution in [3.05, 3.63) is 23.8 Å². The highest BCUT2D eigenvalue weighted by Gasteiger charge is 2.27. The number of ketones is 1. The Bertz CT molecular complexity index is 467. The van der Waals surface area contributed by atoms with Crippen LogP contribution in [-0.2, 0) is 10.2 Å². The predicted molar refractivity (Wildman–Crippen MR) is 77.1 cm³/mol. The fraction of sp³-hybridized carbons (Fsp3) is 0.562.